The second-order valence-corrected chi connectivity index (χ2v) is 12.0. The Morgan fingerprint density at radius 2 is 1.73 bits per heavy atom. The summed E-state index contributed by atoms with van der Waals surface area (Å²) >= 11 is 0. The van der Waals surface area contributed by atoms with E-state index in [1.807, 2.05) is 32.9 Å². The largest absolute Gasteiger partial charge is 0.495 e. The zero-order valence-corrected chi connectivity index (χ0v) is 22.3. The molecule has 0 amide bonds. The fraction of sp³-hybridized carbons (Fsp3) is 0.731. The summed E-state index contributed by atoms with van der Waals surface area (Å²) in [6.45, 7) is 18.8. The third kappa shape index (κ3) is 4.96. The van der Waals surface area contributed by atoms with Crippen LogP contribution in [0.5, 0.6) is 5.75 Å². The predicted octanol–water partition coefficient (Wildman–Crippen LogP) is 4.26. The van der Waals surface area contributed by atoms with E-state index in [1.165, 1.54) is 0 Å². The van der Waals surface area contributed by atoms with Crippen LogP contribution in [0.15, 0.2) is 12.1 Å². The van der Waals surface area contributed by atoms with Crippen LogP contribution in [0.25, 0.3) is 0 Å². The number of carbonyl (C=O) groups excluding carboxylic acids is 1. The van der Waals surface area contributed by atoms with Crippen LogP contribution in [0, 0.1) is 6.92 Å². The highest BCUT2D eigenvalue weighted by atomic mass is 16.7. The first-order chi connectivity index (χ1) is 15.0. The molecule has 33 heavy (non-hydrogen) atoms. The van der Waals surface area contributed by atoms with E-state index in [4.69, 9.17) is 19.8 Å². The summed E-state index contributed by atoms with van der Waals surface area (Å²) in [5, 5.41) is 0. The van der Waals surface area contributed by atoms with Gasteiger partial charge in [-0.05, 0) is 105 Å². The molecule has 0 aromatic heterocycles. The normalized spacial score (nSPS) is 29.7. The van der Waals surface area contributed by atoms with Gasteiger partial charge in [-0.2, -0.15) is 0 Å². The lowest BCUT2D eigenvalue weighted by Gasteiger charge is -2.53. The Balaban J connectivity index is 1.83. The average Bonchev–Trinajstić information content (AvgIpc) is 2.89. The Kier molecular flexibility index (Phi) is 6.77. The molecule has 6 nitrogen and oxygen atoms in total. The third-order valence-electron chi connectivity index (χ3n) is 8.12. The van der Waals surface area contributed by atoms with Crippen molar-refractivity contribution in [2.45, 2.75) is 116 Å². The minimum Gasteiger partial charge on any atom is -0.489 e. The minimum absolute atomic E-state index is 0.0233. The van der Waals surface area contributed by atoms with Crippen LogP contribution < -0.4 is 15.9 Å². The van der Waals surface area contributed by atoms with Gasteiger partial charge in [-0.3, -0.25) is 9.69 Å². The van der Waals surface area contributed by atoms with E-state index in [0.29, 0.717) is 30.1 Å². The van der Waals surface area contributed by atoms with Crippen molar-refractivity contribution in [2.24, 2.45) is 0 Å². The molecule has 7 heteroatoms. The number of anilines is 1. The van der Waals surface area contributed by atoms with E-state index in [-0.39, 0.29) is 17.2 Å². The second-order valence-electron chi connectivity index (χ2n) is 12.0. The Hall–Kier alpha value is -1.57. The highest BCUT2D eigenvalue weighted by Gasteiger charge is 2.56. The summed E-state index contributed by atoms with van der Waals surface area (Å²) in [4.78, 5) is 14.9. The maximum absolute atomic E-state index is 12.5. The van der Waals surface area contributed by atoms with E-state index in [2.05, 4.69) is 53.5 Å². The van der Waals surface area contributed by atoms with Gasteiger partial charge in [0.05, 0.1) is 23.0 Å². The van der Waals surface area contributed by atoms with Crippen molar-refractivity contribution in [3.63, 3.8) is 0 Å². The molecule has 0 saturated carbocycles. The monoisotopic (exact) mass is 458 g/mol. The van der Waals surface area contributed by atoms with E-state index in [1.54, 1.807) is 0 Å². The van der Waals surface area contributed by atoms with Crippen LogP contribution in [-0.4, -0.2) is 53.2 Å². The maximum Gasteiger partial charge on any atom is 0.495 e. The van der Waals surface area contributed by atoms with Crippen LogP contribution >= 0.6 is 0 Å². The Bertz CT molecular complexity index is 916. The topological polar surface area (TPSA) is 74.0 Å². The molecule has 2 saturated heterocycles. The quantitative estimate of drug-likeness (QED) is 0.507. The molecule has 0 aliphatic carbocycles. The molecule has 2 aliphatic rings. The maximum atomic E-state index is 12.5. The van der Waals surface area contributed by atoms with Gasteiger partial charge in [0.2, 0.25) is 0 Å². The number of hydrogen-bond acceptors (Lipinski definition) is 6. The number of rotatable bonds is 6. The zero-order valence-electron chi connectivity index (χ0n) is 22.3. The van der Waals surface area contributed by atoms with Gasteiger partial charge in [0.1, 0.15) is 11.5 Å². The van der Waals surface area contributed by atoms with Gasteiger partial charge < -0.3 is 19.8 Å². The molecule has 1 aromatic carbocycles. The number of piperidine rings is 1. The molecule has 0 bridgehead atoms. The molecule has 2 heterocycles. The fourth-order valence-electron chi connectivity index (χ4n) is 5.32. The first-order valence-electron chi connectivity index (χ1n) is 12.2. The van der Waals surface area contributed by atoms with E-state index < -0.39 is 18.3 Å². The summed E-state index contributed by atoms with van der Waals surface area (Å²) in [7, 11) is 1.64. The molecule has 0 spiro atoms. The van der Waals surface area contributed by atoms with Gasteiger partial charge >= 0.3 is 7.12 Å². The van der Waals surface area contributed by atoms with E-state index in [9.17, 15) is 4.79 Å². The van der Waals surface area contributed by atoms with Gasteiger partial charge in [-0.15, -0.1) is 0 Å². The number of likely N-dealkylation sites (tertiary alicyclic amines) is 1. The lowest BCUT2D eigenvalue weighted by atomic mass is 9.73. The molecule has 184 valence electrons. The number of hydrogen-bond donors (Lipinski definition) is 1. The van der Waals surface area contributed by atoms with Gasteiger partial charge in [0, 0.05) is 23.9 Å². The molecule has 2 unspecified atom stereocenters. The summed E-state index contributed by atoms with van der Waals surface area (Å²) in [5.41, 5.74) is 7.38. The zero-order chi connectivity index (χ0) is 25.0. The number of nitrogens with zero attached hydrogens (tertiary/aromatic N) is 1. The van der Waals surface area contributed by atoms with Crippen molar-refractivity contribution in [1.29, 1.82) is 0 Å². The van der Waals surface area contributed by atoms with Crippen molar-refractivity contribution in [3.8, 4) is 5.75 Å². The summed E-state index contributed by atoms with van der Waals surface area (Å²) < 4.78 is 19.1. The van der Waals surface area contributed by atoms with Gasteiger partial charge in [0.25, 0.3) is 0 Å². The molecule has 3 rings (SSSR count). The number of nitrogens with two attached hydrogens (primary N) is 1. The second kappa shape index (κ2) is 8.58. The standard InChI is InChI=1S/C26H43BN2O4/c1-17(2)31-22-14-20(18(3)13-21(22)28)27-32-24(6,7)26(9,33-27)12-11-25(8)16-19(30)15-23(4,5)29(25)10/h13-14,17H,11-12,15-16,28H2,1-10H3. The first kappa shape index (κ1) is 26.0. The van der Waals surface area contributed by atoms with Crippen LogP contribution in [0.2, 0.25) is 0 Å². The van der Waals surface area contributed by atoms with Gasteiger partial charge in [-0.25, -0.2) is 0 Å². The molecular formula is C26H43BN2O4. The number of nitrogen functional groups attached to an aromatic ring is 1. The smallest absolute Gasteiger partial charge is 0.489 e. The van der Waals surface area contributed by atoms with Crippen molar-refractivity contribution in [3.05, 3.63) is 17.7 Å². The van der Waals surface area contributed by atoms with Crippen LogP contribution in [0.1, 0.15) is 86.6 Å². The van der Waals surface area contributed by atoms with E-state index in [0.717, 1.165) is 23.9 Å². The summed E-state index contributed by atoms with van der Waals surface area (Å²) in [5.74, 6) is 0.989. The van der Waals surface area contributed by atoms with Crippen molar-refractivity contribution < 1.29 is 18.8 Å². The SMILES string of the molecule is Cc1cc(N)c(OC(C)C)cc1B1OC(C)(C)C(C)(CCC2(C)CC(=O)CC(C)(C)N2C)O1. The highest BCUT2D eigenvalue weighted by Crippen LogP contribution is 2.45. The Labute approximate surface area is 200 Å². The summed E-state index contributed by atoms with van der Waals surface area (Å²) in [6, 6.07) is 3.88. The third-order valence-corrected chi connectivity index (χ3v) is 8.12. The molecule has 1 aromatic rings. The van der Waals surface area contributed by atoms with Crippen LogP contribution in [0.3, 0.4) is 0 Å². The fourth-order valence-corrected chi connectivity index (χ4v) is 5.32. The summed E-state index contributed by atoms with van der Waals surface area (Å²) in [6.07, 6.45) is 2.82. The van der Waals surface area contributed by atoms with Gasteiger partial charge in [-0.1, -0.05) is 0 Å². The lowest BCUT2D eigenvalue weighted by Crippen LogP contribution is -2.61. The van der Waals surface area contributed by atoms with Crippen molar-refractivity contribution in [2.75, 3.05) is 12.8 Å². The van der Waals surface area contributed by atoms with Crippen LogP contribution in [-0.2, 0) is 14.1 Å². The number of benzene rings is 1. The van der Waals surface area contributed by atoms with Crippen molar-refractivity contribution in [1.82, 2.24) is 4.90 Å². The number of ketones is 1. The average molecular weight is 458 g/mol. The number of Topliss-reactive ketones (excluding diaryl/α,β-unsaturated/α-hetero) is 1. The van der Waals surface area contributed by atoms with E-state index >= 15 is 0 Å². The molecule has 2 fully saturated rings. The van der Waals surface area contributed by atoms with Gasteiger partial charge in [0.15, 0.2) is 0 Å². The highest BCUT2D eigenvalue weighted by molar-refractivity contribution is 6.62. The Morgan fingerprint density at radius 1 is 1.09 bits per heavy atom. The minimum atomic E-state index is -0.515. The Morgan fingerprint density at radius 3 is 2.33 bits per heavy atom. The number of aryl methyl sites for hydroxylation is 1. The number of carbonyl (C=O) groups is 1. The van der Waals surface area contributed by atoms with Crippen molar-refractivity contribution >= 4 is 24.1 Å². The lowest BCUT2D eigenvalue weighted by molar-refractivity contribution is -0.134. The predicted molar refractivity (Wildman–Crippen MR) is 135 cm³/mol. The molecular weight excluding hydrogens is 415 g/mol. The van der Waals surface area contributed by atoms with Crippen LogP contribution in [0.4, 0.5) is 5.69 Å². The molecule has 0 radical (unpaired) electrons. The molecule has 2 atom stereocenters. The number of ether oxygens (including phenoxy) is 1. The molecule has 2 N–H and O–H groups in total. The molecule has 2 aliphatic heterocycles. The first-order valence-corrected chi connectivity index (χ1v) is 12.2.